The van der Waals surface area contributed by atoms with E-state index in [4.69, 9.17) is 28.9 Å². The van der Waals surface area contributed by atoms with Crippen LogP contribution >= 0.6 is 11.3 Å². The molecular weight excluding hydrogens is 1080 g/mol. The standard InChI is InChI=1S/C59H85F2N11O9S/c1-40-52(82-39-64-40)42-13-11-41(12-14-42)37-63-55(76)47-34-44(73)38-72(47)56(77)53(58(2,3)4)67-51(75)17-30-79-32-33-80-31-20-62-50(74)10-8-23-70-25-15-43(16-26-70)65-54-45-35-48(78-5)49(81-29-9-24-69-21-6-7-22-69)36-46(45)66-57(68-54)71-27-18-59(60,61)19-28-71/h11-14,35-36,39,43-44,47,53,73H,6-10,15-34,37-38H2,1-5H3,(H,62,74)(H,63,76)(H,67,75)(H,65,66,68)/t44-,47+,53-/m1/s1. The van der Waals surface area contributed by atoms with Crippen LogP contribution in [0, 0.1) is 12.3 Å². The van der Waals surface area contributed by atoms with E-state index in [1.54, 1.807) is 18.4 Å². The molecule has 8 rings (SSSR count). The summed E-state index contributed by atoms with van der Waals surface area (Å²) in [6.07, 6.45) is 4.90. The predicted octanol–water partition coefficient (Wildman–Crippen LogP) is 6.18. The van der Waals surface area contributed by atoms with Crippen LogP contribution in [0.15, 0.2) is 41.9 Å². The van der Waals surface area contributed by atoms with Crippen LogP contribution in [-0.2, 0) is 35.2 Å². The zero-order valence-electron chi connectivity index (χ0n) is 48.5. The number of carbonyl (C=O) groups excluding carboxylic acids is 4. The number of ether oxygens (including phenoxy) is 4. The normalized spacial score (nSPS) is 19.3. The molecule has 0 spiro atoms. The number of β-amino-alcohol motifs (C(OH)–C–C–N with tert-alkyl or cyclic N) is 1. The largest absolute Gasteiger partial charge is 0.493 e. The Labute approximate surface area is 484 Å². The van der Waals surface area contributed by atoms with Crippen LogP contribution in [0.2, 0.25) is 0 Å². The van der Waals surface area contributed by atoms with Crippen LogP contribution in [0.3, 0.4) is 0 Å². The van der Waals surface area contributed by atoms with E-state index in [1.807, 2.05) is 74.5 Å². The number of rotatable bonds is 28. The predicted molar refractivity (Wildman–Crippen MR) is 311 cm³/mol. The molecule has 5 N–H and O–H groups in total. The number of hydrogen-bond donors (Lipinski definition) is 5. The molecule has 2 aromatic carbocycles. The first-order valence-electron chi connectivity index (χ1n) is 29.3. The first-order chi connectivity index (χ1) is 39.4. The van der Waals surface area contributed by atoms with Crippen molar-refractivity contribution >= 4 is 57.6 Å². The number of aliphatic hydroxyl groups is 1. The number of alkyl halides is 2. The summed E-state index contributed by atoms with van der Waals surface area (Å²) in [7, 11) is 1.62. The average Bonchev–Trinajstić information content (AvgIpc) is 4.38. The van der Waals surface area contributed by atoms with Crippen molar-refractivity contribution in [2.75, 3.05) is 116 Å². The number of fused-ring (bicyclic) bond motifs is 1. The van der Waals surface area contributed by atoms with Crippen LogP contribution in [0.5, 0.6) is 11.5 Å². The smallest absolute Gasteiger partial charge is 0.251 e. The summed E-state index contributed by atoms with van der Waals surface area (Å²) in [6, 6.07) is 9.92. The van der Waals surface area contributed by atoms with Crippen LogP contribution in [0.4, 0.5) is 20.5 Å². The molecule has 4 aliphatic rings. The molecule has 0 saturated carbocycles. The van der Waals surface area contributed by atoms with Crippen LogP contribution in [0.1, 0.15) is 103 Å². The van der Waals surface area contributed by atoms with Crippen molar-refractivity contribution in [3.63, 3.8) is 0 Å². The van der Waals surface area contributed by atoms with E-state index in [0.717, 1.165) is 85.6 Å². The van der Waals surface area contributed by atoms with Gasteiger partial charge in [0, 0.05) is 102 Å². The fraction of sp³-hybridized carbons (Fsp3) is 0.644. The van der Waals surface area contributed by atoms with Gasteiger partial charge in [-0.05, 0) is 87.7 Å². The van der Waals surface area contributed by atoms with E-state index in [1.165, 1.54) is 17.7 Å². The second kappa shape index (κ2) is 29.6. The van der Waals surface area contributed by atoms with Crippen LogP contribution in [0.25, 0.3) is 21.3 Å². The third kappa shape index (κ3) is 17.8. The average molecular weight is 1160 g/mol. The van der Waals surface area contributed by atoms with E-state index >= 15 is 0 Å². The highest BCUT2D eigenvalue weighted by Gasteiger charge is 2.44. The zero-order valence-corrected chi connectivity index (χ0v) is 49.3. The van der Waals surface area contributed by atoms with Crippen molar-refractivity contribution in [3.05, 3.63) is 53.2 Å². The minimum atomic E-state index is -2.70. The van der Waals surface area contributed by atoms with Crippen LogP contribution < -0.4 is 35.6 Å². The summed E-state index contributed by atoms with van der Waals surface area (Å²) >= 11 is 1.57. The minimum Gasteiger partial charge on any atom is -0.493 e. The molecule has 20 nitrogen and oxygen atoms in total. The van der Waals surface area contributed by atoms with Crippen molar-refractivity contribution < 1.29 is 52.0 Å². The van der Waals surface area contributed by atoms with E-state index in [2.05, 4.69) is 36.1 Å². The molecule has 4 aliphatic heterocycles. The lowest BCUT2D eigenvalue weighted by Crippen LogP contribution is -2.57. The zero-order chi connectivity index (χ0) is 58.2. The highest BCUT2D eigenvalue weighted by atomic mass is 32.1. The van der Waals surface area contributed by atoms with Gasteiger partial charge in [-0.25, -0.2) is 18.7 Å². The lowest BCUT2D eigenvalue weighted by Gasteiger charge is -2.35. The quantitative estimate of drug-likeness (QED) is 0.0401. The molecule has 4 fully saturated rings. The molecule has 23 heteroatoms. The number of benzene rings is 2. The molecule has 4 saturated heterocycles. The summed E-state index contributed by atoms with van der Waals surface area (Å²) < 4.78 is 51.7. The van der Waals surface area contributed by atoms with Crippen molar-refractivity contribution in [2.45, 2.75) is 135 Å². The Bertz CT molecular complexity index is 2730. The maximum Gasteiger partial charge on any atom is 0.251 e. The number of carbonyl (C=O) groups is 4. The van der Waals surface area contributed by atoms with Crippen molar-refractivity contribution in [1.29, 1.82) is 0 Å². The highest BCUT2D eigenvalue weighted by molar-refractivity contribution is 7.13. The second-order valence-electron chi connectivity index (χ2n) is 23.1. The molecule has 4 amide bonds. The Hall–Kier alpha value is -5.85. The lowest BCUT2D eigenvalue weighted by molar-refractivity contribution is -0.144. The number of thiazole rings is 1. The summed E-state index contributed by atoms with van der Waals surface area (Å²) in [5.41, 5.74) is 4.66. The Morgan fingerprint density at radius 2 is 1.55 bits per heavy atom. The monoisotopic (exact) mass is 1160 g/mol. The van der Waals surface area contributed by atoms with E-state index in [-0.39, 0.29) is 95.4 Å². The van der Waals surface area contributed by atoms with Gasteiger partial charge < -0.3 is 64.9 Å². The Kier molecular flexibility index (Phi) is 22.5. The molecule has 2 aromatic heterocycles. The van der Waals surface area contributed by atoms with Gasteiger partial charge in [0.2, 0.25) is 29.6 Å². The first-order valence-corrected chi connectivity index (χ1v) is 30.1. The van der Waals surface area contributed by atoms with Gasteiger partial charge in [0.15, 0.2) is 11.5 Å². The molecule has 82 heavy (non-hydrogen) atoms. The van der Waals surface area contributed by atoms with E-state index in [0.29, 0.717) is 61.4 Å². The number of aromatic nitrogens is 3. The maximum absolute atomic E-state index is 14.2. The lowest BCUT2D eigenvalue weighted by atomic mass is 9.85. The highest BCUT2D eigenvalue weighted by Crippen LogP contribution is 2.38. The van der Waals surface area contributed by atoms with Gasteiger partial charge >= 0.3 is 0 Å². The summed E-state index contributed by atoms with van der Waals surface area (Å²) in [6.45, 7) is 15.5. The molecule has 0 bridgehead atoms. The molecule has 0 unspecified atom stereocenters. The molecular formula is C59H85F2N11O9S. The third-order valence-corrected chi connectivity index (χ3v) is 16.7. The molecule has 6 heterocycles. The van der Waals surface area contributed by atoms with Crippen molar-refractivity contribution in [1.82, 2.24) is 45.6 Å². The van der Waals surface area contributed by atoms with E-state index < -0.39 is 35.4 Å². The Morgan fingerprint density at radius 3 is 2.24 bits per heavy atom. The Morgan fingerprint density at radius 1 is 0.841 bits per heavy atom. The second-order valence-corrected chi connectivity index (χ2v) is 24.0. The number of aliphatic hydroxyl groups excluding tert-OH is 1. The number of piperidine rings is 2. The van der Waals surface area contributed by atoms with Crippen LogP contribution in [-0.4, -0.2) is 194 Å². The van der Waals surface area contributed by atoms with E-state index in [9.17, 15) is 33.1 Å². The SMILES string of the molecule is COc1cc2c(NC3CCN(CCCC(=O)NCCOCCOCCC(=O)N[C@H](C(=O)N4C[C@H](O)C[C@H]4C(=O)NCc4ccc(-c5scnc5C)cc4)C(C)(C)C)CC3)nc(N3CCC(F)(F)CC3)nc2cc1OCCCN1CCCC1. The number of aryl methyl sites for hydroxylation is 1. The number of likely N-dealkylation sites (tertiary alicyclic amines) is 3. The number of nitrogens with one attached hydrogen (secondary N) is 4. The number of halogens is 2. The number of amides is 4. The Balaban J connectivity index is 0.691. The van der Waals surface area contributed by atoms with Gasteiger partial charge in [-0.3, -0.25) is 19.2 Å². The van der Waals surface area contributed by atoms with Gasteiger partial charge in [0.1, 0.15) is 17.9 Å². The number of anilines is 2. The fourth-order valence-electron chi connectivity index (χ4n) is 11.0. The van der Waals surface area contributed by atoms with Crippen molar-refractivity contribution in [3.8, 4) is 21.9 Å². The van der Waals surface area contributed by atoms with Gasteiger partial charge in [0.05, 0.1) is 67.8 Å². The number of hydrogen-bond acceptors (Lipinski definition) is 17. The maximum atomic E-state index is 14.2. The molecule has 0 radical (unpaired) electrons. The molecule has 450 valence electrons. The topological polar surface area (TPSA) is 225 Å². The van der Waals surface area contributed by atoms with Crippen molar-refractivity contribution in [2.24, 2.45) is 5.41 Å². The molecule has 4 aromatic rings. The van der Waals surface area contributed by atoms with Gasteiger partial charge in [-0.15, -0.1) is 11.3 Å². The molecule has 0 aliphatic carbocycles. The fourth-order valence-corrected chi connectivity index (χ4v) is 11.8. The molecule has 3 atom stereocenters. The summed E-state index contributed by atoms with van der Waals surface area (Å²) in [5, 5.41) is 23.7. The van der Waals surface area contributed by atoms with Gasteiger partial charge in [-0.1, -0.05) is 45.0 Å². The summed E-state index contributed by atoms with van der Waals surface area (Å²) in [5.74, 6) is -1.70. The first kappa shape index (κ1) is 62.2. The minimum absolute atomic E-state index is 0.000455. The number of nitrogens with zero attached hydrogens (tertiary/aromatic N) is 7. The van der Waals surface area contributed by atoms with Gasteiger partial charge in [0.25, 0.3) is 5.92 Å². The summed E-state index contributed by atoms with van der Waals surface area (Å²) in [4.78, 5) is 76.6. The number of methoxy groups -OCH3 is 1. The third-order valence-electron chi connectivity index (χ3n) is 15.8. The van der Waals surface area contributed by atoms with Gasteiger partial charge in [-0.2, -0.15) is 4.98 Å².